The van der Waals surface area contributed by atoms with Crippen molar-refractivity contribution in [1.82, 2.24) is 15.5 Å². The van der Waals surface area contributed by atoms with Gasteiger partial charge in [0.15, 0.2) is 0 Å². The Kier molecular flexibility index (Phi) is 5.03. The Morgan fingerprint density at radius 3 is 2.52 bits per heavy atom. The van der Waals surface area contributed by atoms with Gasteiger partial charge >= 0.3 is 6.03 Å². The van der Waals surface area contributed by atoms with E-state index in [-0.39, 0.29) is 24.6 Å². The first kappa shape index (κ1) is 20.6. The SMILES string of the molecule is COc1ccc2c(c1)C(=O)N(C[C@@]1(C#Cc3cc(F)c(Cl)c(F)c3)NC(=O)NC1=O)C2. The summed E-state index contributed by atoms with van der Waals surface area (Å²) in [7, 11) is 1.48. The van der Waals surface area contributed by atoms with Gasteiger partial charge in [0.05, 0.1) is 13.7 Å². The van der Waals surface area contributed by atoms with Crippen LogP contribution >= 0.6 is 11.6 Å². The van der Waals surface area contributed by atoms with Gasteiger partial charge in [-0.15, -0.1) is 0 Å². The molecule has 0 unspecified atom stereocenters. The molecule has 0 radical (unpaired) electrons. The minimum absolute atomic E-state index is 0.0894. The number of methoxy groups -OCH3 is 1. The van der Waals surface area contributed by atoms with Crippen molar-refractivity contribution < 1.29 is 27.9 Å². The van der Waals surface area contributed by atoms with E-state index in [1.54, 1.807) is 18.2 Å². The molecule has 0 aromatic heterocycles. The molecule has 2 N–H and O–H groups in total. The quantitative estimate of drug-likeness (QED) is 0.431. The van der Waals surface area contributed by atoms with E-state index in [4.69, 9.17) is 16.3 Å². The van der Waals surface area contributed by atoms with Crippen molar-refractivity contribution in [2.24, 2.45) is 0 Å². The standard InChI is InChI=1S/C21H14ClF2N3O4/c1-31-13-3-2-12-9-27(18(28)14(12)8-13)10-21(19(29)25-20(30)26-21)5-4-11-6-15(23)17(22)16(24)7-11/h2-3,6-8H,9-10H2,1H3,(H2,25,26,29,30)/t21-/m1/s1. The zero-order chi connectivity index (χ0) is 22.3. The lowest BCUT2D eigenvalue weighted by molar-refractivity contribution is -0.122. The van der Waals surface area contributed by atoms with Crippen molar-refractivity contribution in [3.8, 4) is 17.6 Å². The first-order valence-electron chi connectivity index (χ1n) is 9.00. The highest BCUT2D eigenvalue weighted by Gasteiger charge is 2.48. The number of rotatable bonds is 3. The van der Waals surface area contributed by atoms with Gasteiger partial charge in [-0.2, -0.15) is 0 Å². The van der Waals surface area contributed by atoms with Gasteiger partial charge in [-0.1, -0.05) is 29.5 Å². The molecule has 1 atom stereocenters. The number of carbonyl (C=O) groups is 3. The number of imide groups is 1. The number of hydrogen-bond donors (Lipinski definition) is 2. The second kappa shape index (κ2) is 7.56. The summed E-state index contributed by atoms with van der Waals surface area (Å²) in [6, 6.07) is 6.05. The van der Waals surface area contributed by atoms with Gasteiger partial charge in [0.1, 0.15) is 22.4 Å². The van der Waals surface area contributed by atoms with Crippen molar-refractivity contribution >= 4 is 29.4 Å². The van der Waals surface area contributed by atoms with E-state index >= 15 is 0 Å². The largest absolute Gasteiger partial charge is 0.497 e. The van der Waals surface area contributed by atoms with Crippen LogP contribution in [0.1, 0.15) is 21.5 Å². The maximum absolute atomic E-state index is 13.7. The average molecular weight is 446 g/mol. The van der Waals surface area contributed by atoms with Gasteiger partial charge in [0, 0.05) is 17.7 Å². The summed E-state index contributed by atoms with van der Waals surface area (Å²) >= 11 is 5.47. The third-order valence-electron chi connectivity index (χ3n) is 4.97. The summed E-state index contributed by atoms with van der Waals surface area (Å²) in [6.07, 6.45) is 0. The number of carbonyl (C=O) groups excluding carboxylic acids is 3. The van der Waals surface area contributed by atoms with Gasteiger partial charge in [-0.3, -0.25) is 14.9 Å². The first-order valence-corrected chi connectivity index (χ1v) is 9.38. The summed E-state index contributed by atoms with van der Waals surface area (Å²) in [5.74, 6) is 2.39. The predicted molar refractivity (Wildman–Crippen MR) is 105 cm³/mol. The monoisotopic (exact) mass is 445 g/mol. The van der Waals surface area contributed by atoms with Crippen LogP contribution in [0.3, 0.4) is 0 Å². The lowest BCUT2D eigenvalue weighted by atomic mass is 9.99. The Labute approximate surface area is 180 Å². The van der Waals surface area contributed by atoms with Crippen LogP contribution in [0.2, 0.25) is 5.02 Å². The second-order valence-corrected chi connectivity index (χ2v) is 7.38. The molecule has 0 bridgehead atoms. The number of urea groups is 1. The van der Waals surface area contributed by atoms with Crippen LogP contribution in [-0.4, -0.2) is 41.9 Å². The van der Waals surface area contributed by atoms with E-state index in [0.29, 0.717) is 11.3 Å². The van der Waals surface area contributed by atoms with E-state index in [1.165, 1.54) is 12.0 Å². The Bertz CT molecular complexity index is 1180. The van der Waals surface area contributed by atoms with Crippen LogP contribution < -0.4 is 15.4 Å². The molecule has 0 aliphatic carbocycles. The van der Waals surface area contributed by atoms with Gasteiger partial charge in [-0.05, 0) is 29.8 Å². The van der Waals surface area contributed by atoms with Gasteiger partial charge in [0.2, 0.25) is 5.54 Å². The maximum Gasteiger partial charge on any atom is 0.323 e. The smallest absolute Gasteiger partial charge is 0.323 e. The van der Waals surface area contributed by atoms with E-state index < -0.39 is 34.1 Å². The molecule has 31 heavy (non-hydrogen) atoms. The molecule has 4 amide bonds. The van der Waals surface area contributed by atoms with Crippen LogP contribution in [0.4, 0.5) is 13.6 Å². The molecule has 4 rings (SSSR count). The Morgan fingerprint density at radius 2 is 1.90 bits per heavy atom. The molecule has 1 saturated heterocycles. The van der Waals surface area contributed by atoms with E-state index in [1.807, 2.05) is 0 Å². The first-order chi connectivity index (χ1) is 14.7. The molecule has 2 aromatic carbocycles. The minimum Gasteiger partial charge on any atom is -0.497 e. The van der Waals surface area contributed by atoms with E-state index in [9.17, 15) is 23.2 Å². The summed E-state index contributed by atoms with van der Waals surface area (Å²) in [5.41, 5.74) is -0.756. The van der Waals surface area contributed by atoms with Crippen molar-refractivity contribution in [1.29, 1.82) is 0 Å². The molecule has 7 nitrogen and oxygen atoms in total. The molecule has 158 valence electrons. The molecular weight excluding hydrogens is 432 g/mol. The van der Waals surface area contributed by atoms with E-state index in [2.05, 4.69) is 22.5 Å². The highest BCUT2D eigenvalue weighted by Crippen LogP contribution is 2.28. The second-order valence-electron chi connectivity index (χ2n) is 7.00. The molecule has 1 fully saturated rings. The number of amides is 4. The summed E-state index contributed by atoms with van der Waals surface area (Å²) < 4.78 is 32.6. The van der Waals surface area contributed by atoms with Crippen molar-refractivity contribution in [2.45, 2.75) is 12.1 Å². The number of benzene rings is 2. The van der Waals surface area contributed by atoms with Crippen molar-refractivity contribution in [2.75, 3.05) is 13.7 Å². The summed E-state index contributed by atoms with van der Waals surface area (Å²) in [5, 5.41) is 3.83. The zero-order valence-corrected chi connectivity index (χ0v) is 16.8. The van der Waals surface area contributed by atoms with Crippen LogP contribution in [0.25, 0.3) is 0 Å². The van der Waals surface area contributed by atoms with Gasteiger partial charge in [-0.25, -0.2) is 13.6 Å². The Hall–Kier alpha value is -3.64. The lowest BCUT2D eigenvalue weighted by Gasteiger charge is -2.26. The minimum atomic E-state index is -1.80. The number of fused-ring (bicyclic) bond motifs is 1. The Morgan fingerprint density at radius 1 is 1.19 bits per heavy atom. The fourth-order valence-electron chi connectivity index (χ4n) is 3.42. The zero-order valence-electron chi connectivity index (χ0n) is 16.0. The molecular formula is C21H14ClF2N3O4. The highest BCUT2D eigenvalue weighted by molar-refractivity contribution is 6.30. The summed E-state index contributed by atoms with van der Waals surface area (Å²) in [4.78, 5) is 38.6. The average Bonchev–Trinajstić information content (AvgIpc) is 3.19. The number of hydrogen-bond acceptors (Lipinski definition) is 4. The molecule has 2 aliphatic rings. The normalized spacial score (nSPS) is 19.5. The molecule has 2 heterocycles. The fraction of sp³-hybridized carbons (Fsp3) is 0.190. The van der Waals surface area contributed by atoms with Crippen molar-refractivity contribution in [3.05, 3.63) is 63.7 Å². The number of nitrogens with zero attached hydrogens (tertiary/aromatic N) is 1. The fourth-order valence-corrected chi connectivity index (χ4v) is 3.53. The van der Waals surface area contributed by atoms with Gasteiger partial charge < -0.3 is 15.0 Å². The van der Waals surface area contributed by atoms with Gasteiger partial charge in [0.25, 0.3) is 11.8 Å². The topological polar surface area (TPSA) is 87.7 Å². The van der Waals surface area contributed by atoms with Crippen LogP contribution in [-0.2, 0) is 11.3 Å². The van der Waals surface area contributed by atoms with E-state index in [0.717, 1.165) is 17.7 Å². The highest BCUT2D eigenvalue weighted by atomic mass is 35.5. The van der Waals surface area contributed by atoms with Crippen molar-refractivity contribution in [3.63, 3.8) is 0 Å². The molecule has 2 aromatic rings. The number of ether oxygens (including phenoxy) is 1. The number of nitrogens with one attached hydrogen (secondary N) is 2. The predicted octanol–water partition coefficient (Wildman–Crippen LogP) is 2.21. The molecule has 10 heteroatoms. The third-order valence-corrected chi connectivity index (χ3v) is 5.33. The Balaban J connectivity index is 1.67. The lowest BCUT2D eigenvalue weighted by Crippen LogP contribution is -2.54. The molecule has 0 spiro atoms. The molecule has 2 aliphatic heterocycles. The number of halogens is 3. The third kappa shape index (κ3) is 3.66. The maximum atomic E-state index is 13.7. The van der Waals surface area contributed by atoms with Crippen LogP contribution in [0.15, 0.2) is 30.3 Å². The summed E-state index contributed by atoms with van der Waals surface area (Å²) in [6.45, 7) is -0.0824. The van der Waals surface area contributed by atoms with Crippen LogP contribution in [0, 0.1) is 23.5 Å². The van der Waals surface area contributed by atoms with Crippen LogP contribution in [0.5, 0.6) is 5.75 Å². The molecule has 0 saturated carbocycles.